The quantitative estimate of drug-likeness (QED) is 0.207. The number of carbonyl (C=O) groups is 3. The number of anilines is 1. The number of amides is 2. The fourth-order valence-electron chi connectivity index (χ4n) is 5.41. The topological polar surface area (TPSA) is 144 Å². The maximum atomic E-state index is 15.9. The van der Waals surface area contributed by atoms with Crippen molar-refractivity contribution in [3.05, 3.63) is 83.9 Å². The van der Waals surface area contributed by atoms with Gasteiger partial charge in [-0.3, -0.25) is 14.5 Å². The van der Waals surface area contributed by atoms with Crippen LogP contribution in [-0.2, 0) is 9.53 Å². The molecule has 1 N–H and O–H groups in total. The van der Waals surface area contributed by atoms with Gasteiger partial charge in [-0.05, 0) is 87.5 Å². The van der Waals surface area contributed by atoms with Crippen molar-refractivity contribution in [3.63, 3.8) is 0 Å². The Balaban J connectivity index is 0.00000139. The second kappa shape index (κ2) is 13.6. The third kappa shape index (κ3) is 7.01. The molecule has 1 atom stereocenters. The molecule has 1 aliphatic rings. The van der Waals surface area contributed by atoms with Gasteiger partial charge in [-0.15, -0.1) is 11.5 Å². The molecular weight excluding hydrogens is 605 g/mol. The molecule has 1 fully saturated rings. The Morgan fingerprint density at radius 1 is 1.13 bits per heavy atom. The molecule has 0 unspecified atom stereocenters. The van der Waals surface area contributed by atoms with E-state index in [0.29, 0.717) is 53.0 Å². The van der Waals surface area contributed by atoms with E-state index in [4.69, 9.17) is 21.1 Å². The van der Waals surface area contributed by atoms with E-state index in [0.717, 1.165) is 5.39 Å². The largest absolute Gasteiger partial charge is 0.483 e. The van der Waals surface area contributed by atoms with Crippen LogP contribution >= 0.6 is 0 Å². The van der Waals surface area contributed by atoms with E-state index < -0.39 is 29.5 Å². The second-order valence-corrected chi connectivity index (χ2v) is 11.7. The zero-order valence-electron chi connectivity index (χ0n) is 26.0. The summed E-state index contributed by atoms with van der Waals surface area (Å²) in [5, 5.41) is 16.5. The summed E-state index contributed by atoms with van der Waals surface area (Å²) in [5.41, 5.74) is 1.23. The fraction of sp³-hybridized carbons (Fsp3) is 0.265. The molecule has 1 saturated heterocycles. The van der Waals surface area contributed by atoms with Crippen molar-refractivity contribution in [3.8, 4) is 18.0 Å². The Hall–Kier alpha value is -5.90. The van der Waals surface area contributed by atoms with Crippen LogP contribution in [0.5, 0.6) is 0 Å². The van der Waals surface area contributed by atoms with Gasteiger partial charge in [0.25, 0.3) is 12.4 Å². The highest BCUT2D eigenvalue weighted by Gasteiger charge is 2.36. The molecule has 0 spiro atoms. The molecule has 47 heavy (non-hydrogen) atoms. The van der Waals surface area contributed by atoms with Crippen LogP contribution in [0.1, 0.15) is 49.5 Å². The molecule has 12 nitrogen and oxygen atoms in total. The molecule has 6 rings (SSSR count). The van der Waals surface area contributed by atoms with Gasteiger partial charge in [0.15, 0.2) is 5.65 Å². The van der Waals surface area contributed by atoms with Crippen molar-refractivity contribution in [2.75, 3.05) is 18.0 Å². The summed E-state index contributed by atoms with van der Waals surface area (Å²) in [5.74, 6) is 1.64. The fourth-order valence-corrected chi connectivity index (χ4v) is 5.41. The smallest absolute Gasteiger partial charge is 0.410 e. The molecule has 3 aromatic heterocycles. The predicted octanol–water partition coefficient (Wildman–Crippen LogP) is 5.23. The summed E-state index contributed by atoms with van der Waals surface area (Å²) in [6.45, 7) is 5.83. The van der Waals surface area contributed by atoms with Gasteiger partial charge in [-0.25, -0.2) is 19.2 Å². The van der Waals surface area contributed by atoms with Gasteiger partial charge in [0, 0.05) is 42.5 Å². The van der Waals surface area contributed by atoms with Crippen LogP contribution < -0.4 is 4.90 Å². The Kier molecular flexibility index (Phi) is 9.41. The number of hydrogen-bond acceptors (Lipinski definition) is 8. The van der Waals surface area contributed by atoms with Crippen LogP contribution in [0.25, 0.3) is 27.6 Å². The highest BCUT2D eigenvalue weighted by molar-refractivity contribution is 6.10. The molecule has 0 bridgehead atoms. The van der Waals surface area contributed by atoms with Gasteiger partial charge in [0.05, 0.1) is 17.3 Å². The number of carboxylic acid groups (broad SMARTS) is 1. The average Bonchev–Trinajstić information content (AvgIpc) is 3.49. The van der Waals surface area contributed by atoms with E-state index in [-0.39, 0.29) is 18.6 Å². The molecule has 4 heterocycles. The molecule has 2 aromatic carbocycles. The second-order valence-electron chi connectivity index (χ2n) is 11.7. The third-order valence-corrected chi connectivity index (χ3v) is 7.41. The van der Waals surface area contributed by atoms with E-state index in [9.17, 15) is 9.59 Å². The number of terminal acetylenes is 1. The number of rotatable bonds is 4. The Labute approximate surface area is 269 Å². The summed E-state index contributed by atoms with van der Waals surface area (Å²) in [4.78, 5) is 47.7. The third-order valence-electron chi connectivity index (χ3n) is 7.41. The van der Waals surface area contributed by atoms with E-state index in [1.165, 1.54) is 21.7 Å². The van der Waals surface area contributed by atoms with Gasteiger partial charge in [0.1, 0.15) is 22.8 Å². The monoisotopic (exact) mass is 637 g/mol. The number of benzene rings is 2. The van der Waals surface area contributed by atoms with Gasteiger partial charge in [0.2, 0.25) is 0 Å². The average molecular weight is 638 g/mol. The summed E-state index contributed by atoms with van der Waals surface area (Å²) >= 11 is 0. The molecule has 13 heteroatoms. The molecule has 240 valence electrons. The molecule has 0 aliphatic carbocycles. The molecule has 0 radical (unpaired) electrons. The summed E-state index contributed by atoms with van der Waals surface area (Å²) in [6.07, 6.45) is 9.54. The van der Waals surface area contributed by atoms with Crippen molar-refractivity contribution in [2.24, 2.45) is 0 Å². The minimum atomic E-state index is -0.744. The van der Waals surface area contributed by atoms with E-state index in [2.05, 4.69) is 26.2 Å². The van der Waals surface area contributed by atoms with Gasteiger partial charge in [-0.2, -0.15) is 4.68 Å². The lowest BCUT2D eigenvalue weighted by atomic mass is 10.0. The SMILES string of the molecule is C#Cc1ccc2c(N(C(=O)c3ccc(-n4nnc5cccnc54)cc3F)[C@@H]3CCCN(C(=O)OC(C)(C)C)C3)nccc2c1.O=CO. The van der Waals surface area contributed by atoms with Crippen molar-refractivity contribution in [2.45, 2.75) is 45.3 Å². The first-order valence-electron chi connectivity index (χ1n) is 14.8. The summed E-state index contributed by atoms with van der Waals surface area (Å²) in [7, 11) is 0. The number of hydrogen-bond donors (Lipinski definition) is 1. The zero-order chi connectivity index (χ0) is 33.7. The lowest BCUT2D eigenvalue weighted by molar-refractivity contribution is -0.122. The lowest BCUT2D eigenvalue weighted by Gasteiger charge is -2.39. The Bertz CT molecular complexity index is 2000. The number of likely N-dealkylation sites (tertiary alicyclic amines) is 1. The number of fused-ring (bicyclic) bond motifs is 2. The number of ether oxygens (including phenoxy) is 1. The van der Waals surface area contributed by atoms with Crippen molar-refractivity contribution in [1.82, 2.24) is 29.9 Å². The first kappa shape index (κ1) is 32.5. The van der Waals surface area contributed by atoms with Crippen molar-refractivity contribution in [1.29, 1.82) is 0 Å². The van der Waals surface area contributed by atoms with E-state index >= 15 is 4.39 Å². The highest BCUT2D eigenvalue weighted by atomic mass is 19.1. The number of nitrogens with zero attached hydrogens (tertiary/aromatic N) is 7. The number of halogens is 1. The maximum absolute atomic E-state index is 15.9. The normalized spacial score (nSPS) is 14.5. The van der Waals surface area contributed by atoms with Crippen LogP contribution in [0.15, 0.2) is 67.0 Å². The van der Waals surface area contributed by atoms with Crippen LogP contribution in [0.4, 0.5) is 15.0 Å². The first-order valence-corrected chi connectivity index (χ1v) is 14.8. The van der Waals surface area contributed by atoms with Gasteiger partial charge >= 0.3 is 6.09 Å². The van der Waals surface area contributed by atoms with E-state index in [1.54, 1.807) is 62.3 Å². The van der Waals surface area contributed by atoms with Crippen LogP contribution in [-0.4, -0.2) is 78.2 Å². The number of aromatic nitrogens is 5. The van der Waals surface area contributed by atoms with Crippen LogP contribution in [0, 0.1) is 18.2 Å². The first-order chi connectivity index (χ1) is 22.5. The predicted molar refractivity (Wildman–Crippen MR) is 173 cm³/mol. The van der Waals surface area contributed by atoms with Crippen molar-refractivity contribution >= 4 is 46.2 Å². The molecular formula is C34H32FN7O5. The lowest BCUT2D eigenvalue weighted by Crippen LogP contribution is -2.53. The zero-order valence-corrected chi connectivity index (χ0v) is 26.0. The van der Waals surface area contributed by atoms with Crippen LogP contribution in [0.3, 0.4) is 0 Å². The maximum Gasteiger partial charge on any atom is 0.410 e. The Morgan fingerprint density at radius 2 is 1.91 bits per heavy atom. The van der Waals surface area contributed by atoms with Gasteiger partial charge < -0.3 is 14.7 Å². The van der Waals surface area contributed by atoms with Crippen molar-refractivity contribution < 1.29 is 28.6 Å². The number of carbonyl (C=O) groups excluding carboxylic acids is 2. The minimum absolute atomic E-state index is 0.153. The molecule has 2 amide bonds. The summed E-state index contributed by atoms with van der Waals surface area (Å²) < 4.78 is 22.9. The molecule has 5 aromatic rings. The highest BCUT2D eigenvalue weighted by Crippen LogP contribution is 2.32. The number of piperidine rings is 1. The number of pyridine rings is 2. The molecule has 1 aliphatic heterocycles. The molecule has 0 saturated carbocycles. The van der Waals surface area contributed by atoms with E-state index in [1.807, 2.05) is 18.2 Å². The Morgan fingerprint density at radius 3 is 2.64 bits per heavy atom. The van der Waals surface area contributed by atoms with Gasteiger partial charge in [-0.1, -0.05) is 11.1 Å². The standard InChI is InChI=1S/C33H30FN7O3.CH2O2/c1-5-21-10-12-25-22(18-21)14-16-36-29(25)40(24-8-7-17-39(20-24)32(43)44-33(2,3)4)31(42)26-13-11-23(19-27(26)34)41-30-28(37-38-41)9-6-15-35-30;2-1-3/h1,6,9-16,18-19,24H,7-8,17,20H2,2-4H3;1H,(H,2,3)/t24-;/m1./s1. The minimum Gasteiger partial charge on any atom is -0.483 e. The summed E-state index contributed by atoms with van der Waals surface area (Å²) in [6, 6.07) is 14.5. The van der Waals surface area contributed by atoms with Crippen LogP contribution in [0.2, 0.25) is 0 Å².